The van der Waals surface area contributed by atoms with Crippen LogP contribution in [0.2, 0.25) is 0 Å². The van der Waals surface area contributed by atoms with Crippen LogP contribution in [0, 0.1) is 17.8 Å². The number of ketones is 1. The molecule has 0 saturated carbocycles. The summed E-state index contributed by atoms with van der Waals surface area (Å²) in [5.41, 5.74) is 3.23. The van der Waals surface area contributed by atoms with Gasteiger partial charge < -0.3 is 9.53 Å². The van der Waals surface area contributed by atoms with Crippen molar-refractivity contribution in [1.82, 2.24) is 0 Å². The largest absolute Gasteiger partial charge is 0.494 e. The van der Waals surface area contributed by atoms with Gasteiger partial charge in [0.2, 0.25) is 0 Å². The van der Waals surface area contributed by atoms with Gasteiger partial charge in [-0.1, -0.05) is 37.3 Å². The van der Waals surface area contributed by atoms with Gasteiger partial charge in [0.15, 0.2) is 0 Å². The molecule has 0 fully saturated rings. The Morgan fingerprint density at radius 1 is 0.960 bits per heavy atom. The molecule has 0 aliphatic carbocycles. The van der Waals surface area contributed by atoms with Crippen LogP contribution in [-0.4, -0.2) is 12.4 Å². The summed E-state index contributed by atoms with van der Waals surface area (Å²) >= 11 is 0. The lowest BCUT2D eigenvalue weighted by atomic mass is 9.92. The number of ether oxygens (including phenoxy) is 1. The topological polar surface area (TPSA) is 26.3 Å². The molecule has 0 N–H and O–H groups in total. The van der Waals surface area contributed by atoms with E-state index >= 15 is 0 Å². The molecule has 130 valence electrons. The normalized spacial score (nSPS) is 11.3. The fraction of sp³-hybridized carbons (Fsp3) is 0.348. The summed E-state index contributed by atoms with van der Waals surface area (Å²) in [4.78, 5) is 11.3. The quantitative estimate of drug-likeness (QED) is 0.664. The Balaban J connectivity index is 1.99. The standard InChI is InChI=1S/C23H26O2/c1-4-19(16-18(3)24)17-22-10-8-20(9-11-22)6-7-21-12-14-23(15-13-21)25-5-2/h8-15,19H,4-5,16-17H2,1-3H3. The Hall–Kier alpha value is -2.53. The van der Waals surface area contributed by atoms with E-state index in [1.165, 1.54) is 5.56 Å². The Bertz CT molecular complexity index is 730. The van der Waals surface area contributed by atoms with Crippen LogP contribution in [0.4, 0.5) is 0 Å². The van der Waals surface area contributed by atoms with Gasteiger partial charge >= 0.3 is 0 Å². The molecule has 0 saturated heterocycles. The molecule has 0 bridgehead atoms. The van der Waals surface area contributed by atoms with E-state index in [2.05, 4.69) is 43.0 Å². The van der Waals surface area contributed by atoms with Gasteiger partial charge in [-0.2, -0.15) is 0 Å². The molecule has 0 heterocycles. The lowest BCUT2D eigenvalue weighted by Gasteiger charge is -2.12. The molecule has 0 spiro atoms. The zero-order valence-electron chi connectivity index (χ0n) is 15.3. The maximum Gasteiger partial charge on any atom is 0.130 e. The Morgan fingerprint density at radius 2 is 1.52 bits per heavy atom. The molecular weight excluding hydrogens is 308 g/mol. The van der Waals surface area contributed by atoms with E-state index in [4.69, 9.17) is 4.74 Å². The number of hydrogen-bond acceptors (Lipinski definition) is 2. The van der Waals surface area contributed by atoms with Crippen LogP contribution in [-0.2, 0) is 11.2 Å². The van der Waals surface area contributed by atoms with Gasteiger partial charge in [-0.3, -0.25) is 0 Å². The molecule has 0 aromatic heterocycles. The maximum absolute atomic E-state index is 11.3. The zero-order chi connectivity index (χ0) is 18.1. The second-order valence-electron chi connectivity index (χ2n) is 6.29. The monoisotopic (exact) mass is 334 g/mol. The zero-order valence-corrected chi connectivity index (χ0v) is 15.3. The molecule has 0 radical (unpaired) electrons. The van der Waals surface area contributed by atoms with Gasteiger partial charge in [0.25, 0.3) is 0 Å². The first-order valence-corrected chi connectivity index (χ1v) is 8.94. The van der Waals surface area contributed by atoms with Crippen LogP contribution >= 0.6 is 0 Å². The van der Waals surface area contributed by atoms with Crippen molar-refractivity contribution in [2.75, 3.05) is 6.61 Å². The van der Waals surface area contributed by atoms with Gasteiger partial charge in [-0.05, 0) is 68.1 Å². The third kappa shape index (κ3) is 6.47. The number of benzene rings is 2. The average molecular weight is 334 g/mol. The summed E-state index contributed by atoms with van der Waals surface area (Å²) in [5.74, 6) is 7.94. The van der Waals surface area contributed by atoms with Crippen molar-refractivity contribution in [2.45, 2.75) is 40.0 Å². The van der Waals surface area contributed by atoms with E-state index in [0.29, 0.717) is 18.9 Å². The molecule has 2 aromatic rings. The highest BCUT2D eigenvalue weighted by Gasteiger charge is 2.09. The van der Waals surface area contributed by atoms with E-state index in [0.717, 1.165) is 29.7 Å². The van der Waals surface area contributed by atoms with Crippen molar-refractivity contribution in [3.8, 4) is 17.6 Å². The highest BCUT2D eigenvalue weighted by atomic mass is 16.5. The van der Waals surface area contributed by atoms with E-state index in [1.807, 2.05) is 31.2 Å². The van der Waals surface area contributed by atoms with Crippen LogP contribution < -0.4 is 4.74 Å². The summed E-state index contributed by atoms with van der Waals surface area (Å²) in [7, 11) is 0. The minimum absolute atomic E-state index is 0.268. The van der Waals surface area contributed by atoms with Crippen LogP contribution in [0.25, 0.3) is 0 Å². The van der Waals surface area contributed by atoms with Crippen LogP contribution in [0.15, 0.2) is 48.5 Å². The molecule has 25 heavy (non-hydrogen) atoms. The highest BCUT2D eigenvalue weighted by molar-refractivity contribution is 5.75. The first-order chi connectivity index (χ1) is 12.1. The molecule has 1 atom stereocenters. The van der Waals surface area contributed by atoms with E-state index in [1.54, 1.807) is 6.92 Å². The molecule has 2 aromatic carbocycles. The molecule has 0 aliphatic heterocycles. The summed E-state index contributed by atoms with van der Waals surface area (Å²) in [5, 5.41) is 0. The molecule has 2 nitrogen and oxygen atoms in total. The SMILES string of the molecule is CCOc1ccc(C#Cc2ccc(CC(CC)CC(C)=O)cc2)cc1. The van der Waals surface area contributed by atoms with Gasteiger partial charge in [-0.25, -0.2) is 0 Å². The molecule has 0 amide bonds. The van der Waals surface area contributed by atoms with E-state index < -0.39 is 0 Å². The Labute approximate surface area is 151 Å². The van der Waals surface area contributed by atoms with E-state index in [9.17, 15) is 4.79 Å². The van der Waals surface area contributed by atoms with E-state index in [-0.39, 0.29) is 5.78 Å². The Morgan fingerprint density at radius 3 is 2.00 bits per heavy atom. The van der Waals surface area contributed by atoms with Gasteiger partial charge in [0.05, 0.1) is 6.61 Å². The number of Topliss-reactive ketones (excluding diaryl/α,β-unsaturated/α-hetero) is 1. The summed E-state index contributed by atoms with van der Waals surface area (Å²) in [6.07, 6.45) is 2.64. The lowest BCUT2D eigenvalue weighted by molar-refractivity contribution is -0.117. The lowest BCUT2D eigenvalue weighted by Crippen LogP contribution is -2.08. The smallest absolute Gasteiger partial charge is 0.130 e. The third-order valence-electron chi connectivity index (χ3n) is 4.15. The van der Waals surface area contributed by atoms with Crippen molar-refractivity contribution in [2.24, 2.45) is 5.92 Å². The predicted molar refractivity (Wildman–Crippen MR) is 103 cm³/mol. The number of hydrogen-bond donors (Lipinski definition) is 0. The van der Waals surface area contributed by atoms with Gasteiger partial charge in [0, 0.05) is 17.5 Å². The van der Waals surface area contributed by atoms with Crippen LogP contribution in [0.5, 0.6) is 5.75 Å². The number of carbonyl (C=O) groups is 1. The summed E-state index contributed by atoms with van der Waals surface area (Å²) in [6, 6.07) is 16.2. The molecule has 0 aliphatic rings. The minimum atomic E-state index is 0.268. The fourth-order valence-electron chi connectivity index (χ4n) is 2.77. The first kappa shape index (κ1) is 18.8. The molecule has 1 unspecified atom stereocenters. The second-order valence-corrected chi connectivity index (χ2v) is 6.29. The summed E-state index contributed by atoms with van der Waals surface area (Å²) in [6.45, 7) is 6.45. The van der Waals surface area contributed by atoms with Gasteiger partial charge in [-0.15, -0.1) is 0 Å². The average Bonchev–Trinajstić information content (AvgIpc) is 2.61. The number of rotatable bonds is 7. The van der Waals surface area contributed by atoms with Crippen molar-refractivity contribution in [3.05, 3.63) is 65.2 Å². The van der Waals surface area contributed by atoms with Gasteiger partial charge in [0.1, 0.15) is 11.5 Å². The van der Waals surface area contributed by atoms with Crippen molar-refractivity contribution in [1.29, 1.82) is 0 Å². The highest BCUT2D eigenvalue weighted by Crippen LogP contribution is 2.17. The van der Waals surface area contributed by atoms with Crippen molar-refractivity contribution < 1.29 is 9.53 Å². The van der Waals surface area contributed by atoms with Crippen LogP contribution in [0.1, 0.15) is 50.3 Å². The summed E-state index contributed by atoms with van der Waals surface area (Å²) < 4.78 is 5.43. The van der Waals surface area contributed by atoms with Crippen LogP contribution in [0.3, 0.4) is 0 Å². The maximum atomic E-state index is 11.3. The molecule has 2 rings (SSSR count). The predicted octanol–water partition coefficient (Wildman–Crippen LogP) is 5.03. The van der Waals surface area contributed by atoms with Crippen molar-refractivity contribution >= 4 is 5.78 Å². The van der Waals surface area contributed by atoms with Crippen molar-refractivity contribution in [3.63, 3.8) is 0 Å². The Kier molecular flexibility index (Phi) is 7.29. The molecular formula is C23H26O2. The first-order valence-electron chi connectivity index (χ1n) is 8.94. The second kappa shape index (κ2) is 9.69. The molecule has 2 heteroatoms. The fourth-order valence-corrected chi connectivity index (χ4v) is 2.77. The third-order valence-corrected chi connectivity index (χ3v) is 4.15. The number of carbonyl (C=O) groups excluding carboxylic acids is 1. The minimum Gasteiger partial charge on any atom is -0.494 e.